The van der Waals surface area contributed by atoms with Crippen LogP contribution in [-0.4, -0.2) is 41.9 Å². The second kappa shape index (κ2) is 8.61. The lowest BCUT2D eigenvalue weighted by atomic mass is 9.96. The molecule has 1 saturated heterocycles. The summed E-state index contributed by atoms with van der Waals surface area (Å²) in [6, 6.07) is 27.8. The molecule has 0 unspecified atom stereocenters. The van der Waals surface area contributed by atoms with Crippen molar-refractivity contribution in [1.29, 1.82) is 0 Å². The molecule has 1 amide bonds. The Hall–Kier alpha value is -3.02. The van der Waals surface area contributed by atoms with E-state index < -0.39 is 0 Å². The van der Waals surface area contributed by atoms with E-state index in [4.69, 9.17) is 0 Å². The second-order valence-electron chi connectivity index (χ2n) is 7.84. The van der Waals surface area contributed by atoms with Crippen molar-refractivity contribution in [3.63, 3.8) is 0 Å². The van der Waals surface area contributed by atoms with Crippen LogP contribution in [0, 0.1) is 5.82 Å². The molecule has 5 heteroatoms. The molecule has 0 radical (unpaired) electrons. The number of hydrogen-bond acceptors (Lipinski definition) is 3. The van der Waals surface area contributed by atoms with Crippen LogP contribution in [0.4, 0.5) is 4.39 Å². The third-order valence-corrected chi connectivity index (χ3v) is 6.99. The van der Waals surface area contributed by atoms with Gasteiger partial charge in [0, 0.05) is 30.9 Å². The Kier molecular flexibility index (Phi) is 5.53. The van der Waals surface area contributed by atoms with Gasteiger partial charge in [-0.15, -0.1) is 11.3 Å². The van der Waals surface area contributed by atoms with Crippen LogP contribution < -0.4 is 0 Å². The third-order valence-electron chi connectivity index (χ3n) is 5.89. The van der Waals surface area contributed by atoms with Crippen LogP contribution in [0.2, 0.25) is 0 Å². The lowest BCUT2D eigenvalue weighted by molar-refractivity contribution is 0.0602. The van der Waals surface area contributed by atoms with Gasteiger partial charge in [-0.05, 0) is 40.8 Å². The van der Waals surface area contributed by atoms with Gasteiger partial charge in [-0.25, -0.2) is 4.39 Å². The first-order chi connectivity index (χ1) is 15.2. The summed E-state index contributed by atoms with van der Waals surface area (Å²) in [6.07, 6.45) is 0. The number of carbonyl (C=O) groups is 1. The smallest absolute Gasteiger partial charge is 0.264 e. The van der Waals surface area contributed by atoms with Crippen LogP contribution in [0.5, 0.6) is 0 Å². The summed E-state index contributed by atoms with van der Waals surface area (Å²) in [7, 11) is 0. The Bertz CT molecular complexity index is 1140. The molecule has 1 fully saturated rings. The highest BCUT2D eigenvalue weighted by Gasteiger charge is 2.29. The SMILES string of the molecule is O=C(c1cc2cc(F)ccc2s1)N1CCN(C(c2ccccc2)c2ccccc2)CC1. The van der Waals surface area contributed by atoms with E-state index in [-0.39, 0.29) is 17.8 Å². The predicted molar refractivity (Wildman–Crippen MR) is 124 cm³/mol. The number of fused-ring (bicyclic) bond motifs is 1. The Balaban J connectivity index is 1.34. The third kappa shape index (κ3) is 4.11. The minimum absolute atomic E-state index is 0.0391. The molecule has 0 spiro atoms. The Morgan fingerprint density at radius 1 is 0.806 bits per heavy atom. The normalized spacial score (nSPS) is 15.0. The number of hydrogen-bond donors (Lipinski definition) is 0. The maximum atomic E-state index is 13.5. The van der Waals surface area contributed by atoms with Gasteiger partial charge in [0.25, 0.3) is 5.91 Å². The first kappa shape index (κ1) is 19.9. The van der Waals surface area contributed by atoms with Gasteiger partial charge in [-0.3, -0.25) is 9.69 Å². The zero-order valence-corrected chi connectivity index (χ0v) is 17.9. The fourth-order valence-electron chi connectivity index (χ4n) is 4.34. The molecule has 0 N–H and O–H groups in total. The molecular formula is C26H23FN2OS. The highest BCUT2D eigenvalue weighted by atomic mass is 32.1. The monoisotopic (exact) mass is 430 g/mol. The van der Waals surface area contributed by atoms with E-state index in [9.17, 15) is 9.18 Å². The number of halogens is 1. The molecular weight excluding hydrogens is 407 g/mol. The second-order valence-corrected chi connectivity index (χ2v) is 8.93. The molecule has 31 heavy (non-hydrogen) atoms. The fraction of sp³-hybridized carbons (Fsp3) is 0.192. The molecule has 4 aromatic rings. The van der Waals surface area contributed by atoms with Crippen molar-refractivity contribution in [2.24, 2.45) is 0 Å². The fourth-order valence-corrected chi connectivity index (χ4v) is 5.35. The summed E-state index contributed by atoms with van der Waals surface area (Å²) >= 11 is 1.44. The van der Waals surface area contributed by atoms with Crippen molar-refractivity contribution >= 4 is 27.3 Å². The highest BCUT2D eigenvalue weighted by molar-refractivity contribution is 7.20. The van der Waals surface area contributed by atoms with Crippen LogP contribution in [0.15, 0.2) is 84.9 Å². The zero-order valence-electron chi connectivity index (χ0n) is 17.1. The standard InChI is InChI=1S/C26H23FN2OS/c27-22-11-12-23-21(17-22)18-24(31-23)26(30)29-15-13-28(14-16-29)25(19-7-3-1-4-8-19)20-9-5-2-6-10-20/h1-12,17-18,25H,13-16H2. The van der Waals surface area contributed by atoms with Crippen molar-refractivity contribution in [1.82, 2.24) is 9.80 Å². The lowest BCUT2D eigenvalue weighted by Gasteiger charge is -2.39. The van der Waals surface area contributed by atoms with Crippen LogP contribution in [0.3, 0.4) is 0 Å². The van der Waals surface area contributed by atoms with Gasteiger partial charge < -0.3 is 4.90 Å². The first-order valence-electron chi connectivity index (χ1n) is 10.5. The van der Waals surface area contributed by atoms with Gasteiger partial charge in [0.2, 0.25) is 0 Å². The van der Waals surface area contributed by atoms with Crippen LogP contribution in [0.1, 0.15) is 26.8 Å². The van der Waals surface area contributed by atoms with E-state index in [0.29, 0.717) is 18.0 Å². The lowest BCUT2D eigenvalue weighted by Crippen LogP contribution is -2.49. The quantitative estimate of drug-likeness (QED) is 0.421. The first-order valence-corrected chi connectivity index (χ1v) is 11.3. The number of rotatable bonds is 4. The van der Waals surface area contributed by atoms with Crippen molar-refractivity contribution in [2.45, 2.75) is 6.04 Å². The molecule has 1 aliphatic heterocycles. The molecule has 1 aromatic heterocycles. The van der Waals surface area contributed by atoms with Crippen LogP contribution in [0.25, 0.3) is 10.1 Å². The molecule has 0 bridgehead atoms. The molecule has 5 rings (SSSR count). The molecule has 3 nitrogen and oxygen atoms in total. The molecule has 0 aliphatic carbocycles. The zero-order chi connectivity index (χ0) is 21.2. The van der Waals surface area contributed by atoms with Gasteiger partial charge in [-0.1, -0.05) is 60.7 Å². The van der Waals surface area contributed by atoms with E-state index in [0.717, 1.165) is 23.2 Å². The van der Waals surface area contributed by atoms with Crippen LogP contribution >= 0.6 is 11.3 Å². The summed E-state index contributed by atoms with van der Waals surface area (Å²) in [5.41, 5.74) is 2.53. The topological polar surface area (TPSA) is 23.6 Å². The molecule has 2 heterocycles. The van der Waals surface area contributed by atoms with Crippen molar-refractivity contribution in [2.75, 3.05) is 26.2 Å². The number of benzene rings is 3. The largest absolute Gasteiger partial charge is 0.335 e. The highest BCUT2D eigenvalue weighted by Crippen LogP contribution is 2.31. The van der Waals surface area contributed by atoms with Gasteiger partial charge in [-0.2, -0.15) is 0 Å². The van der Waals surface area contributed by atoms with Crippen LogP contribution in [-0.2, 0) is 0 Å². The number of carbonyl (C=O) groups excluding carboxylic acids is 1. The van der Waals surface area contributed by atoms with Crippen molar-refractivity contribution in [3.8, 4) is 0 Å². The van der Waals surface area contributed by atoms with E-state index in [1.807, 2.05) is 23.1 Å². The summed E-state index contributed by atoms with van der Waals surface area (Å²) in [6.45, 7) is 2.97. The molecule has 1 aliphatic rings. The average molecular weight is 431 g/mol. The maximum Gasteiger partial charge on any atom is 0.264 e. The number of thiophene rings is 1. The molecule has 0 saturated carbocycles. The van der Waals surface area contributed by atoms with E-state index in [2.05, 4.69) is 53.4 Å². The Morgan fingerprint density at radius 2 is 1.42 bits per heavy atom. The average Bonchev–Trinajstić information content (AvgIpc) is 3.24. The van der Waals surface area contributed by atoms with Gasteiger partial charge in [0.05, 0.1) is 10.9 Å². The maximum absolute atomic E-state index is 13.5. The summed E-state index contributed by atoms with van der Waals surface area (Å²) < 4.78 is 14.4. The van der Waals surface area contributed by atoms with E-state index in [1.54, 1.807) is 6.07 Å². The Labute approximate surface area is 185 Å². The molecule has 0 atom stereocenters. The summed E-state index contributed by atoms with van der Waals surface area (Å²) in [5.74, 6) is -0.233. The minimum Gasteiger partial charge on any atom is -0.335 e. The molecule has 3 aromatic carbocycles. The van der Waals surface area contributed by atoms with Gasteiger partial charge >= 0.3 is 0 Å². The van der Waals surface area contributed by atoms with Gasteiger partial charge in [0.15, 0.2) is 0 Å². The van der Waals surface area contributed by atoms with E-state index >= 15 is 0 Å². The summed E-state index contributed by atoms with van der Waals surface area (Å²) in [4.78, 5) is 18.1. The van der Waals surface area contributed by atoms with Crippen molar-refractivity contribution < 1.29 is 9.18 Å². The van der Waals surface area contributed by atoms with Crippen molar-refractivity contribution in [3.05, 3.63) is 107 Å². The minimum atomic E-state index is -0.272. The Morgan fingerprint density at radius 3 is 2.03 bits per heavy atom. The predicted octanol–water partition coefficient (Wildman–Crippen LogP) is 5.59. The number of nitrogens with zero attached hydrogens (tertiary/aromatic N) is 2. The number of amides is 1. The summed E-state index contributed by atoms with van der Waals surface area (Å²) in [5, 5.41) is 0.792. The van der Waals surface area contributed by atoms with Gasteiger partial charge in [0.1, 0.15) is 5.82 Å². The number of piperazine rings is 1. The van der Waals surface area contributed by atoms with E-state index in [1.165, 1.54) is 34.6 Å². The molecule has 156 valence electrons.